The van der Waals surface area contributed by atoms with E-state index in [9.17, 15) is 4.79 Å². The van der Waals surface area contributed by atoms with Gasteiger partial charge in [0.25, 0.3) is 0 Å². The first-order chi connectivity index (χ1) is 8.20. The standard InChI is InChI=1S/C12H24N4O/c1-14-5-7-15(8-6-14)11-3-2-4-16(10-11)12(17)9-13/h11H,2-10,13H2,1H3. The molecule has 0 bridgehead atoms. The minimum absolute atomic E-state index is 0.101. The van der Waals surface area contributed by atoms with Crippen LogP contribution in [0.4, 0.5) is 0 Å². The Bertz CT molecular complexity index is 263. The van der Waals surface area contributed by atoms with Gasteiger partial charge in [-0.05, 0) is 19.9 Å². The number of likely N-dealkylation sites (tertiary alicyclic amines) is 1. The molecule has 0 aromatic rings. The highest BCUT2D eigenvalue weighted by Gasteiger charge is 2.28. The van der Waals surface area contributed by atoms with E-state index < -0.39 is 0 Å². The molecule has 1 atom stereocenters. The minimum Gasteiger partial charge on any atom is -0.340 e. The zero-order valence-corrected chi connectivity index (χ0v) is 10.8. The number of piperazine rings is 1. The van der Waals surface area contributed by atoms with E-state index in [1.165, 1.54) is 6.42 Å². The minimum atomic E-state index is 0.101. The second kappa shape index (κ2) is 5.80. The van der Waals surface area contributed by atoms with E-state index in [0.717, 1.165) is 45.7 Å². The van der Waals surface area contributed by atoms with E-state index in [1.54, 1.807) is 0 Å². The number of rotatable bonds is 2. The summed E-state index contributed by atoms with van der Waals surface area (Å²) < 4.78 is 0. The van der Waals surface area contributed by atoms with E-state index >= 15 is 0 Å². The van der Waals surface area contributed by atoms with E-state index in [1.807, 2.05) is 4.90 Å². The summed E-state index contributed by atoms with van der Waals surface area (Å²) in [5.74, 6) is 0.101. The van der Waals surface area contributed by atoms with Gasteiger partial charge in [-0.2, -0.15) is 0 Å². The summed E-state index contributed by atoms with van der Waals surface area (Å²) in [7, 11) is 2.17. The van der Waals surface area contributed by atoms with Crippen LogP contribution in [0.5, 0.6) is 0 Å². The molecule has 0 aliphatic carbocycles. The van der Waals surface area contributed by atoms with Crippen LogP contribution in [0.3, 0.4) is 0 Å². The maximum atomic E-state index is 11.6. The average Bonchev–Trinajstić information content (AvgIpc) is 2.39. The molecule has 2 N–H and O–H groups in total. The van der Waals surface area contributed by atoms with Gasteiger partial charge in [-0.15, -0.1) is 0 Å². The summed E-state index contributed by atoms with van der Waals surface area (Å²) >= 11 is 0. The molecule has 2 heterocycles. The smallest absolute Gasteiger partial charge is 0.236 e. The lowest BCUT2D eigenvalue weighted by atomic mass is 10.0. The molecule has 2 fully saturated rings. The lowest BCUT2D eigenvalue weighted by molar-refractivity contribution is -0.132. The molecule has 0 aromatic heterocycles. The molecule has 0 saturated carbocycles. The fourth-order valence-corrected chi connectivity index (χ4v) is 2.80. The molecule has 5 nitrogen and oxygen atoms in total. The summed E-state index contributed by atoms with van der Waals surface area (Å²) in [6.45, 7) is 6.45. The molecule has 1 amide bonds. The Balaban J connectivity index is 1.86. The van der Waals surface area contributed by atoms with Crippen LogP contribution in [0.2, 0.25) is 0 Å². The first-order valence-electron chi connectivity index (χ1n) is 6.61. The number of nitrogens with zero attached hydrogens (tertiary/aromatic N) is 3. The predicted octanol–water partition coefficient (Wildman–Crippen LogP) is -0.816. The van der Waals surface area contributed by atoms with Crippen molar-refractivity contribution in [3.8, 4) is 0 Å². The highest BCUT2D eigenvalue weighted by atomic mass is 16.2. The van der Waals surface area contributed by atoms with Crippen molar-refractivity contribution >= 4 is 5.91 Å². The van der Waals surface area contributed by atoms with Crippen LogP contribution in [0.15, 0.2) is 0 Å². The molecular formula is C12H24N4O. The maximum Gasteiger partial charge on any atom is 0.236 e. The normalized spacial score (nSPS) is 28.4. The molecule has 0 radical (unpaired) electrons. The number of carbonyl (C=O) groups excluding carboxylic acids is 1. The van der Waals surface area contributed by atoms with Gasteiger partial charge in [0, 0.05) is 45.3 Å². The van der Waals surface area contributed by atoms with E-state index in [2.05, 4.69) is 16.8 Å². The van der Waals surface area contributed by atoms with E-state index in [0.29, 0.717) is 6.04 Å². The van der Waals surface area contributed by atoms with Crippen molar-refractivity contribution in [3.05, 3.63) is 0 Å². The van der Waals surface area contributed by atoms with Gasteiger partial charge in [-0.25, -0.2) is 0 Å². The van der Waals surface area contributed by atoms with Crippen molar-refractivity contribution in [3.63, 3.8) is 0 Å². The van der Waals surface area contributed by atoms with Gasteiger partial charge in [0.1, 0.15) is 0 Å². The van der Waals surface area contributed by atoms with Gasteiger partial charge in [-0.1, -0.05) is 0 Å². The molecule has 2 aliphatic heterocycles. The fourth-order valence-electron chi connectivity index (χ4n) is 2.80. The number of hydrogen-bond donors (Lipinski definition) is 1. The first-order valence-corrected chi connectivity index (χ1v) is 6.61. The largest absolute Gasteiger partial charge is 0.340 e. The van der Waals surface area contributed by atoms with Crippen molar-refractivity contribution in [2.45, 2.75) is 18.9 Å². The Hall–Kier alpha value is -0.650. The van der Waals surface area contributed by atoms with Crippen LogP contribution in [0.25, 0.3) is 0 Å². The molecule has 0 aromatic carbocycles. The van der Waals surface area contributed by atoms with Gasteiger partial charge >= 0.3 is 0 Å². The Morgan fingerprint density at radius 2 is 1.94 bits per heavy atom. The molecule has 17 heavy (non-hydrogen) atoms. The van der Waals surface area contributed by atoms with Crippen LogP contribution >= 0.6 is 0 Å². The molecule has 2 aliphatic rings. The van der Waals surface area contributed by atoms with Gasteiger partial charge in [-0.3, -0.25) is 9.69 Å². The van der Waals surface area contributed by atoms with Crippen LogP contribution in [0, 0.1) is 0 Å². The third kappa shape index (κ3) is 3.18. The van der Waals surface area contributed by atoms with Crippen LogP contribution < -0.4 is 5.73 Å². The molecule has 5 heteroatoms. The Labute approximate surface area is 104 Å². The molecule has 98 valence electrons. The van der Waals surface area contributed by atoms with Gasteiger partial charge in [0.05, 0.1) is 6.54 Å². The highest BCUT2D eigenvalue weighted by Crippen LogP contribution is 2.17. The van der Waals surface area contributed by atoms with Gasteiger partial charge in [0.2, 0.25) is 5.91 Å². The molecule has 2 rings (SSSR count). The summed E-state index contributed by atoms with van der Waals surface area (Å²) in [6, 6.07) is 0.549. The van der Waals surface area contributed by atoms with E-state index in [-0.39, 0.29) is 12.5 Å². The number of nitrogens with two attached hydrogens (primary N) is 1. The molecule has 1 unspecified atom stereocenters. The highest BCUT2D eigenvalue weighted by molar-refractivity contribution is 5.78. The Morgan fingerprint density at radius 1 is 1.24 bits per heavy atom. The Morgan fingerprint density at radius 3 is 2.59 bits per heavy atom. The zero-order chi connectivity index (χ0) is 12.3. The monoisotopic (exact) mass is 240 g/mol. The summed E-state index contributed by atoms with van der Waals surface area (Å²) in [5.41, 5.74) is 5.43. The topological polar surface area (TPSA) is 52.8 Å². The molecule has 0 spiro atoms. The van der Waals surface area contributed by atoms with Crippen LogP contribution in [0.1, 0.15) is 12.8 Å². The Kier molecular flexibility index (Phi) is 4.36. The number of likely N-dealkylation sites (N-methyl/N-ethyl adjacent to an activating group) is 1. The predicted molar refractivity (Wildman–Crippen MR) is 67.7 cm³/mol. The number of amides is 1. The van der Waals surface area contributed by atoms with Crippen LogP contribution in [-0.4, -0.2) is 79.5 Å². The average molecular weight is 240 g/mol. The van der Waals surface area contributed by atoms with Crippen molar-refractivity contribution in [1.29, 1.82) is 0 Å². The van der Waals surface area contributed by atoms with Crippen molar-refractivity contribution in [2.75, 3.05) is 52.9 Å². The summed E-state index contributed by atoms with van der Waals surface area (Å²) in [5, 5.41) is 0. The quantitative estimate of drug-likeness (QED) is 0.685. The lowest BCUT2D eigenvalue weighted by Crippen LogP contribution is -2.55. The molecule has 2 saturated heterocycles. The first kappa shape index (κ1) is 12.8. The summed E-state index contributed by atoms with van der Waals surface area (Å²) in [6.07, 6.45) is 2.33. The SMILES string of the molecule is CN1CCN(C2CCCN(C(=O)CN)C2)CC1. The second-order valence-electron chi connectivity index (χ2n) is 5.18. The number of piperidine rings is 1. The summed E-state index contributed by atoms with van der Waals surface area (Å²) in [4.78, 5) is 18.5. The van der Waals surface area contributed by atoms with Gasteiger partial charge in [0.15, 0.2) is 0 Å². The van der Waals surface area contributed by atoms with Gasteiger partial charge < -0.3 is 15.5 Å². The third-order valence-corrected chi connectivity index (χ3v) is 3.98. The maximum absolute atomic E-state index is 11.6. The zero-order valence-electron chi connectivity index (χ0n) is 10.8. The van der Waals surface area contributed by atoms with Crippen molar-refractivity contribution in [2.24, 2.45) is 5.73 Å². The van der Waals surface area contributed by atoms with Crippen molar-refractivity contribution in [1.82, 2.24) is 14.7 Å². The second-order valence-corrected chi connectivity index (χ2v) is 5.18. The number of hydrogen-bond acceptors (Lipinski definition) is 4. The van der Waals surface area contributed by atoms with E-state index in [4.69, 9.17) is 5.73 Å². The van der Waals surface area contributed by atoms with Crippen LogP contribution in [-0.2, 0) is 4.79 Å². The lowest BCUT2D eigenvalue weighted by Gasteiger charge is -2.42. The fraction of sp³-hybridized carbons (Fsp3) is 0.917. The number of carbonyl (C=O) groups is 1. The van der Waals surface area contributed by atoms with Crippen molar-refractivity contribution < 1.29 is 4.79 Å². The third-order valence-electron chi connectivity index (χ3n) is 3.98. The molecular weight excluding hydrogens is 216 g/mol.